The Hall–Kier alpha value is -1.77. The Labute approximate surface area is 163 Å². The number of anilines is 1. The second-order valence-electron chi connectivity index (χ2n) is 5.23. The van der Waals surface area contributed by atoms with E-state index >= 15 is 0 Å². The van der Waals surface area contributed by atoms with Gasteiger partial charge in [-0.1, -0.05) is 39.7 Å². The standard InChI is InChI=1S/C17H8BrClF3NO2S/c18-10-3-1-2-9(6-10)7-14-15(24)23(16(25)26-14)11-4-5-13(19)12(8-11)17(20,21)22/h1-8H/b14-7-. The predicted molar refractivity (Wildman–Crippen MR) is 99.0 cm³/mol. The van der Waals surface area contributed by atoms with Gasteiger partial charge in [0.1, 0.15) is 0 Å². The first kappa shape index (κ1) is 19.0. The number of carbonyl (C=O) groups excluding carboxylic acids is 2. The van der Waals surface area contributed by atoms with E-state index in [2.05, 4.69) is 15.9 Å². The highest BCUT2D eigenvalue weighted by Crippen LogP contribution is 2.40. The second kappa shape index (κ2) is 7.09. The lowest BCUT2D eigenvalue weighted by molar-refractivity contribution is -0.137. The molecule has 0 aliphatic carbocycles. The molecule has 2 aromatic carbocycles. The van der Waals surface area contributed by atoms with Crippen LogP contribution < -0.4 is 4.90 Å². The lowest BCUT2D eigenvalue weighted by Gasteiger charge is -2.16. The molecule has 0 unspecified atom stereocenters. The zero-order chi connectivity index (χ0) is 19.1. The van der Waals surface area contributed by atoms with Gasteiger partial charge in [-0.05, 0) is 53.7 Å². The number of carbonyl (C=O) groups is 2. The van der Waals surface area contributed by atoms with Gasteiger partial charge in [-0.2, -0.15) is 13.2 Å². The molecule has 3 rings (SSSR count). The Bertz CT molecular complexity index is 946. The summed E-state index contributed by atoms with van der Waals surface area (Å²) in [5.41, 5.74) is -0.606. The fraction of sp³-hybridized carbons (Fsp3) is 0.0588. The van der Waals surface area contributed by atoms with Crippen molar-refractivity contribution in [3.8, 4) is 0 Å². The highest BCUT2D eigenvalue weighted by atomic mass is 79.9. The highest BCUT2D eigenvalue weighted by molar-refractivity contribution is 9.10. The molecule has 134 valence electrons. The Morgan fingerprint density at radius 1 is 1.12 bits per heavy atom. The molecule has 0 saturated carbocycles. The molecule has 1 fully saturated rings. The van der Waals surface area contributed by atoms with Gasteiger partial charge in [-0.3, -0.25) is 9.59 Å². The Kier molecular flexibility index (Phi) is 5.18. The van der Waals surface area contributed by atoms with E-state index in [1.54, 1.807) is 24.3 Å². The fourth-order valence-corrected chi connectivity index (χ4v) is 3.79. The van der Waals surface area contributed by atoms with Crippen LogP contribution in [-0.4, -0.2) is 11.1 Å². The maximum absolute atomic E-state index is 13.0. The van der Waals surface area contributed by atoms with Crippen LogP contribution >= 0.6 is 39.3 Å². The van der Waals surface area contributed by atoms with Gasteiger partial charge < -0.3 is 0 Å². The molecule has 1 aliphatic rings. The molecule has 3 nitrogen and oxygen atoms in total. The first-order valence-electron chi connectivity index (χ1n) is 7.07. The van der Waals surface area contributed by atoms with Crippen LogP contribution in [0.1, 0.15) is 11.1 Å². The van der Waals surface area contributed by atoms with Crippen LogP contribution in [0.5, 0.6) is 0 Å². The number of imide groups is 1. The van der Waals surface area contributed by atoms with Gasteiger partial charge in [-0.15, -0.1) is 0 Å². The van der Waals surface area contributed by atoms with Crippen LogP contribution in [0.2, 0.25) is 5.02 Å². The molecular weight excluding hydrogens is 455 g/mol. The number of alkyl halides is 3. The minimum Gasteiger partial charge on any atom is -0.268 e. The molecule has 0 radical (unpaired) electrons. The van der Waals surface area contributed by atoms with Gasteiger partial charge in [0.25, 0.3) is 11.1 Å². The lowest BCUT2D eigenvalue weighted by atomic mass is 10.1. The predicted octanol–water partition coefficient (Wildman–Crippen LogP) is 6.36. The molecule has 1 saturated heterocycles. The molecule has 0 spiro atoms. The van der Waals surface area contributed by atoms with Crippen LogP contribution in [0, 0.1) is 0 Å². The monoisotopic (exact) mass is 461 g/mol. The van der Waals surface area contributed by atoms with E-state index in [0.29, 0.717) is 28.3 Å². The molecule has 9 heteroatoms. The number of hydrogen-bond acceptors (Lipinski definition) is 3. The maximum Gasteiger partial charge on any atom is 0.417 e. The number of benzene rings is 2. The van der Waals surface area contributed by atoms with E-state index in [1.807, 2.05) is 0 Å². The van der Waals surface area contributed by atoms with Gasteiger partial charge in [0.2, 0.25) is 0 Å². The number of hydrogen-bond donors (Lipinski definition) is 0. The molecule has 0 N–H and O–H groups in total. The molecule has 0 aromatic heterocycles. The van der Waals surface area contributed by atoms with Gasteiger partial charge >= 0.3 is 6.18 Å². The van der Waals surface area contributed by atoms with Crippen LogP contribution in [0.15, 0.2) is 51.8 Å². The molecular formula is C17H8BrClF3NO2S. The van der Waals surface area contributed by atoms with Crippen molar-refractivity contribution >= 4 is 62.2 Å². The van der Waals surface area contributed by atoms with E-state index in [0.717, 1.165) is 10.5 Å². The molecule has 1 heterocycles. The number of rotatable bonds is 2. The zero-order valence-electron chi connectivity index (χ0n) is 12.7. The average molecular weight is 463 g/mol. The van der Waals surface area contributed by atoms with Crippen LogP contribution in [0.3, 0.4) is 0 Å². The molecule has 2 amide bonds. The van der Waals surface area contributed by atoms with Crippen molar-refractivity contribution in [2.45, 2.75) is 6.18 Å². The minimum absolute atomic E-state index is 0.122. The van der Waals surface area contributed by atoms with Gasteiger partial charge in [0.15, 0.2) is 0 Å². The van der Waals surface area contributed by atoms with E-state index in [4.69, 9.17) is 11.6 Å². The van der Waals surface area contributed by atoms with Crippen molar-refractivity contribution in [3.63, 3.8) is 0 Å². The van der Waals surface area contributed by atoms with Crippen molar-refractivity contribution in [1.82, 2.24) is 0 Å². The Morgan fingerprint density at radius 2 is 1.85 bits per heavy atom. The number of halogens is 5. The molecule has 0 bridgehead atoms. The van der Waals surface area contributed by atoms with E-state index in [9.17, 15) is 22.8 Å². The van der Waals surface area contributed by atoms with Crippen molar-refractivity contribution in [2.24, 2.45) is 0 Å². The molecule has 2 aromatic rings. The fourth-order valence-electron chi connectivity index (χ4n) is 2.31. The third-order valence-corrected chi connectivity index (χ3v) is 5.15. The summed E-state index contributed by atoms with van der Waals surface area (Å²) in [7, 11) is 0. The second-order valence-corrected chi connectivity index (χ2v) is 7.55. The highest BCUT2D eigenvalue weighted by Gasteiger charge is 2.39. The summed E-state index contributed by atoms with van der Waals surface area (Å²) in [6, 6.07) is 9.96. The van der Waals surface area contributed by atoms with Gasteiger partial charge in [0, 0.05) is 4.47 Å². The normalized spacial score (nSPS) is 16.7. The van der Waals surface area contributed by atoms with Crippen molar-refractivity contribution in [1.29, 1.82) is 0 Å². The number of thioether (sulfide) groups is 1. The summed E-state index contributed by atoms with van der Waals surface area (Å²) >= 11 is 9.55. The summed E-state index contributed by atoms with van der Waals surface area (Å²) in [6.45, 7) is 0. The van der Waals surface area contributed by atoms with Crippen LogP contribution in [0.4, 0.5) is 23.7 Å². The van der Waals surface area contributed by atoms with Crippen LogP contribution in [0.25, 0.3) is 6.08 Å². The smallest absolute Gasteiger partial charge is 0.268 e. The summed E-state index contributed by atoms with van der Waals surface area (Å²) < 4.78 is 39.8. The topological polar surface area (TPSA) is 37.4 Å². The average Bonchev–Trinajstić information content (AvgIpc) is 2.81. The lowest BCUT2D eigenvalue weighted by Crippen LogP contribution is -2.28. The summed E-state index contributed by atoms with van der Waals surface area (Å²) in [6.07, 6.45) is -3.18. The van der Waals surface area contributed by atoms with Gasteiger partial charge in [-0.25, -0.2) is 4.90 Å². The van der Waals surface area contributed by atoms with E-state index in [-0.39, 0.29) is 10.6 Å². The maximum atomic E-state index is 13.0. The SMILES string of the molecule is O=C1S/C(=C\c2cccc(Br)c2)C(=O)N1c1ccc(Cl)c(C(F)(F)F)c1. The van der Waals surface area contributed by atoms with Gasteiger partial charge in [0.05, 0.1) is 21.2 Å². The number of amides is 2. The largest absolute Gasteiger partial charge is 0.417 e. The Morgan fingerprint density at radius 3 is 2.50 bits per heavy atom. The summed E-state index contributed by atoms with van der Waals surface area (Å²) in [5, 5.41) is -1.18. The minimum atomic E-state index is -4.69. The summed E-state index contributed by atoms with van der Waals surface area (Å²) in [4.78, 5) is 25.6. The molecule has 0 atom stereocenters. The third-order valence-electron chi connectivity index (χ3n) is 3.45. The third kappa shape index (κ3) is 3.82. The van der Waals surface area contributed by atoms with Crippen molar-refractivity contribution < 1.29 is 22.8 Å². The first-order valence-corrected chi connectivity index (χ1v) is 9.06. The van der Waals surface area contributed by atoms with E-state index < -0.39 is 27.9 Å². The van der Waals surface area contributed by atoms with Crippen LogP contribution in [-0.2, 0) is 11.0 Å². The Balaban J connectivity index is 1.98. The first-order chi connectivity index (χ1) is 12.2. The van der Waals surface area contributed by atoms with E-state index in [1.165, 1.54) is 12.1 Å². The summed E-state index contributed by atoms with van der Waals surface area (Å²) in [5.74, 6) is -0.685. The van der Waals surface area contributed by atoms with Crippen molar-refractivity contribution in [3.05, 3.63) is 68.0 Å². The zero-order valence-corrected chi connectivity index (χ0v) is 15.8. The van der Waals surface area contributed by atoms with Crippen molar-refractivity contribution in [2.75, 3.05) is 4.90 Å². The quantitative estimate of drug-likeness (QED) is 0.487. The molecule has 26 heavy (non-hydrogen) atoms. The number of nitrogens with zero attached hydrogens (tertiary/aromatic N) is 1. The molecule has 1 aliphatic heterocycles.